The van der Waals surface area contributed by atoms with Gasteiger partial charge >= 0.3 is 15.5 Å². The van der Waals surface area contributed by atoms with E-state index in [0.29, 0.717) is 30.7 Å². The molecule has 4 bridgehead atoms. The lowest BCUT2D eigenvalue weighted by molar-refractivity contribution is -0.0481. The predicted molar refractivity (Wildman–Crippen MR) is 98.0 cm³/mol. The molecule has 0 saturated heterocycles. The summed E-state index contributed by atoms with van der Waals surface area (Å²) in [5.74, 6) is -0.107. The Morgan fingerprint density at radius 3 is 2.33 bits per heavy atom. The van der Waals surface area contributed by atoms with Crippen molar-refractivity contribution < 1.29 is 21.6 Å². The van der Waals surface area contributed by atoms with Crippen LogP contribution < -0.4 is 4.72 Å². The molecule has 0 aromatic heterocycles. The molecule has 6 atom stereocenters. The lowest BCUT2D eigenvalue weighted by Crippen LogP contribution is -2.62. The van der Waals surface area contributed by atoms with E-state index >= 15 is 0 Å². The van der Waals surface area contributed by atoms with Gasteiger partial charge in [0.2, 0.25) is 0 Å². The summed E-state index contributed by atoms with van der Waals surface area (Å²) in [6.07, 6.45) is 3.49. The van der Waals surface area contributed by atoms with E-state index in [9.17, 15) is 21.6 Å². The van der Waals surface area contributed by atoms with Crippen LogP contribution in [0, 0.1) is 17.8 Å². The Morgan fingerprint density at radius 2 is 1.78 bits per heavy atom. The fourth-order valence-electron chi connectivity index (χ4n) is 5.81. The van der Waals surface area contributed by atoms with Gasteiger partial charge in [0.25, 0.3) is 0 Å². The van der Waals surface area contributed by atoms with E-state index in [-0.39, 0.29) is 5.92 Å². The van der Waals surface area contributed by atoms with Crippen molar-refractivity contribution in [3.8, 4) is 0 Å². The van der Waals surface area contributed by atoms with E-state index in [1.807, 2.05) is 4.72 Å². The molecule has 1 aromatic carbocycles. The van der Waals surface area contributed by atoms with Crippen LogP contribution in [0.15, 0.2) is 30.3 Å². The highest BCUT2D eigenvalue weighted by molar-refractivity contribution is 7.90. The molecule has 9 heteroatoms. The Bertz CT molecular complexity index is 835. The lowest BCUT2D eigenvalue weighted by Gasteiger charge is -2.63. The largest absolute Gasteiger partial charge is 0.511 e. The van der Waals surface area contributed by atoms with Crippen LogP contribution in [0.25, 0.3) is 0 Å². The molecule has 3 nitrogen and oxygen atoms in total. The van der Waals surface area contributed by atoms with Crippen LogP contribution in [0.2, 0.25) is 0 Å². The van der Waals surface area contributed by atoms with Gasteiger partial charge in [-0.05, 0) is 49.5 Å². The highest BCUT2D eigenvalue weighted by atomic mass is 35.5. The van der Waals surface area contributed by atoms with Gasteiger partial charge in [-0.2, -0.15) is 17.9 Å². The highest BCUT2D eigenvalue weighted by Gasteiger charge is 2.64. The summed E-state index contributed by atoms with van der Waals surface area (Å²) in [5, 5.41) is 0. The third-order valence-electron chi connectivity index (χ3n) is 6.37. The predicted octanol–water partition coefficient (Wildman–Crippen LogP) is 4.96. The second-order valence-corrected chi connectivity index (χ2v) is 11.6. The Balaban J connectivity index is 1.76. The molecule has 4 saturated carbocycles. The van der Waals surface area contributed by atoms with Crippen molar-refractivity contribution in [1.29, 1.82) is 0 Å². The topological polar surface area (TPSA) is 46.2 Å². The molecule has 1 aromatic rings. The average Bonchev–Trinajstić information content (AvgIpc) is 2.50. The van der Waals surface area contributed by atoms with Crippen molar-refractivity contribution in [1.82, 2.24) is 4.72 Å². The quantitative estimate of drug-likeness (QED) is 0.670. The Hall–Kier alpha value is -0.500. The van der Waals surface area contributed by atoms with Crippen molar-refractivity contribution in [2.24, 2.45) is 17.8 Å². The third-order valence-corrected chi connectivity index (χ3v) is 8.52. The van der Waals surface area contributed by atoms with Crippen molar-refractivity contribution in [3.05, 3.63) is 35.9 Å². The summed E-state index contributed by atoms with van der Waals surface area (Å²) >= 11 is 13.7. The van der Waals surface area contributed by atoms with Crippen LogP contribution in [0.1, 0.15) is 43.7 Å². The van der Waals surface area contributed by atoms with Gasteiger partial charge in [-0.3, -0.25) is 0 Å². The number of alkyl halides is 5. The van der Waals surface area contributed by atoms with Gasteiger partial charge < -0.3 is 0 Å². The minimum atomic E-state index is -5.51. The van der Waals surface area contributed by atoms with E-state index in [4.69, 9.17) is 23.2 Å². The minimum absolute atomic E-state index is 0.0117. The van der Waals surface area contributed by atoms with Gasteiger partial charge in [-0.15, -0.1) is 23.2 Å². The van der Waals surface area contributed by atoms with Gasteiger partial charge in [0.05, 0.1) is 10.9 Å². The number of hydrogen-bond donors (Lipinski definition) is 1. The zero-order valence-corrected chi connectivity index (χ0v) is 16.7. The number of halogens is 5. The Morgan fingerprint density at radius 1 is 1.11 bits per heavy atom. The van der Waals surface area contributed by atoms with E-state index in [1.54, 1.807) is 30.3 Å². The molecule has 0 spiro atoms. The fourth-order valence-corrected chi connectivity index (χ4v) is 8.06. The summed E-state index contributed by atoms with van der Waals surface area (Å²) in [7, 11) is -5.51. The van der Waals surface area contributed by atoms with Crippen molar-refractivity contribution in [3.63, 3.8) is 0 Å². The summed E-state index contributed by atoms with van der Waals surface area (Å²) in [5.41, 5.74) is -4.88. The molecular weight excluding hydrogens is 422 g/mol. The zero-order valence-electron chi connectivity index (χ0n) is 14.3. The molecule has 4 fully saturated rings. The maximum absolute atomic E-state index is 13.1. The molecule has 2 unspecified atom stereocenters. The number of nitrogens with one attached hydrogen (secondary N) is 1. The normalized spacial score (nSPS) is 39.5. The number of hydrogen-bond acceptors (Lipinski definition) is 2. The van der Waals surface area contributed by atoms with E-state index in [2.05, 4.69) is 0 Å². The molecule has 0 heterocycles. The molecule has 4 aliphatic carbocycles. The van der Waals surface area contributed by atoms with E-state index < -0.39 is 37.2 Å². The molecule has 0 aliphatic heterocycles. The Kier molecular flexibility index (Phi) is 4.58. The van der Waals surface area contributed by atoms with Crippen LogP contribution in [-0.4, -0.2) is 23.7 Å². The lowest BCUT2D eigenvalue weighted by atomic mass is 9.49. The highest BCUT2D eigenvalue weighted by Crippen LogP contribution is 2.66. The zero-order chi connectivity index (χ0) is 19.7. The summed E-state index contributed by atoms with van der Waals surface area (Å²) < 4.78 is 65.1. The van der Waals surface area contributed by atoms with Gasteiger partial charge in [-0.1, -0.05) is 30.3 Å². The fraction of sp³-hybridized carbons (Fsp3) is 0.667. The number of rotatable bonds is 4. The van der Waals surface area contributed by atoms with Crippen molar-refractivity contribution in [2.45, 2.75) is 53.4 Å². The van der Waals surface area contributed by atoms with Crippen molar-refractivity contribution in [2.75, 3.05) is 0 Å². The van der Waals surface area contributed by atoms with Gasteiger partial charge in [0.15, 0.2) is 0 Å². The minimum Gasteiger partial charge on any atom is -0.203 e. The van der Waals surface area contributed by atoms with Crippen molar-refractivity contribution >= 4 is 33.2 Å². The standard InChI is InChI=1S/C18H20Cl2F3NO2S/c19-16-7-11-6-13(9-16)14(17(20,8-11)10-16)15(12-4-2-1-3-5-12)24-27(25,26)18(21,22)23/h1-5,11,13-15,24H,6-10H2/t11?,13?,14-,15+,16+,17+/m1/s1. The average molecular weight is 442 g/mol. The van der Waals surface area contributed by atoms with Gasteiger partial charge in [0.1, 0.15) is 0 Å². The van der Waals surface area contributed by atoms with Crippen LogP contribution in [0.5, 0.6) is 0 Å². The summed E-state index contributed by atoms with van der Waals surface area (Å²) in [6, 6.07) is 7.35. The van der Waals surface area contributed by atoms with Crippen LogP contribution in [0.4, 0.5) is 13.2 Å². The maximum Gasteiger partial charge on any atom is 0.511 e. The SMILES string of the molecule is O=S(=O)(N[C@@H](c1ccccc1)[C@H]1C2CC3C[C@](Cl)(C2)C[C@@]1(Cl)C3)C(F)(F)F. The second-order valence-electron chi connectivity index (χ2n) is 8.32. The first-order chi connectivity index (χ1) is 12.4. The third kappa shape index (κ3) is 3.38. The van der Waals surface area contributed by atoms with Crippen LogP contribution in [0.3, 0.4) is 0 Å². The molecule has 1 N–H and O–H groups in total. The molecule has 4 aliphatic rings. The van der Waals surface area contributed by atoms with Crippen LogP contribution >= 0.6 is 23.2 Å². The molecule has 5 rings (SSSR count). The van der Waals surface area contributed by atoms with Gasteiger partial charge in [-0.25, -0.2) is 8.42 Å². The molecule has 150 valence electrons. The Labute approximate surface area is 166 Å². The first-order valence-corrected chi connectivity index (χ1v) is 11.2. The molecule has 0 radical (unpaired) electrons. The molecule has 0 amide bonds. The van der Waals surface area contributed by atoms with Crippen LogP contribution in [-0.2, 0) is 10.0 Å². The maximum atomic E-state index is 13.1. The molecule has 27 heavy (non-hydrogen) atoms. The monoisotopic (exact) mass is 441 g/mol. The van der Waals surface area contributed by atoms with E-state index in [0.717, 1.165) is 12.8 Å². The number of benzene rings is 1. The first-order valence-electron chi connectivity index (χ1n) is 8.94. The number of sulfonamides is 1. The van der Waals surface area contributed by atoms with Gasteiger partial charge in [0, 0.05) is 10.8 Å². The smallest absolute Gasteiger partial charge is 0.203 e. The summed E-state index contributed by atoms with van der Waals surface area (Å²) in [4.78, 5) is -1.23. The summed E-state index contributed by atoms with van der Waals surface area (Å²) in [6.45, 7) is 0. The first kappa shape index (κ1) is 19.8. The second kappa shape index (κ2) is 6.25. The molecular formula is C18H20Cl2F3NO2S. The van der Waals surface area contributed by atoms with E-state index in [1.165, 1.54) is 0 Å².